The molecule has 0 aliphatic carbocycles. The minimum absolute atomic E-state index is 0.534. The van der Waals surface area contributed by atoms with Crippen molar-refractivity contribution in [1.82, 2.24) is 0 Å². The zero-order valence-corrected chi connectivity index (χ0v) is 7.35. The highest BCUT2D eigenvalue weighted by molar-refractivity contribution is 5.47. The van der Waals surface area contributed by atoms with Crippen molar-refractivity contribution in [3.05, 3.63) is 54.9 Å². The normalized spacial score (nSPS) is 11.0. The fraction of sp³-hybridized carbons (Fsp3) is 0. The lowest BCUT2D eigenvalue weighted by Crippen LogP contribution is -2.25. The summed E-state index contributed by atoms with van der Waals surface area (Å²) in [7, 11) is 0. The first kappa shape index (κ1) is 9.35. The number of hydrogen-bond donors (Lipinski definition) is 2. The monoisotopic (exact) mass is 175 g/mol. The summed E-state index contributed by atoms with van der Waals surface area (Å²) < 4.78 is 0. The molecule has 0 heterocycles. The van der Waals surface area contributed by atoms with Crippen LogP contribution in [0.2, 0.25) is 0 Å². The van der Waals surface area contributed by atoms with Crippen LogP contribution >= 0.6 is 0 Å². The number of nitrogens with two attached hydrogens (primary N) is 2. The van der Waals surface area contributed by atoms with Crippen LogP contribution in [-0.4, -0.2) is 0 Å². The molecule has 3 heteroatoms. The van der Waals surface area contributed by atoms with E-state index in [1.165, 1.54) is 5.01 Å². The van der Waals surface area contributed by atoms with Gasteiger partial charge in [0.1, 0.15) is 0 Å². The van der Waals surface area contributed by atoms with Crippen molar-refractivity contribution < 1.29 is 0 Å². The summed E-state index contributed by atoms with van der Waals surface area (Å²) in [5, 5.41) is 1.46. The Morgan fingerprint density at radius 1 is 1.31 bits per heavy atom. The van der Waals surface area contributed by atoms with Gasteiger partial charge in [0.15, 0.2) is 0 Å². The van der Waals surface area contributed by atoms with Gasteiger partial charge in [-0.05, 0) is 18.2 Å². The predicted octanol–water partition coefficient (Wildman–Crippen LogP) is 1.35. The van der Waals surface area contributed by atoms with Crippen LogP contribution in [0.4, 0.5) is 5.69 Å². The molecule has 0 saturated carbocycles. The van der Waals surface area contributed by atoms with E-state index >= 15 is 0 Å². The third-order valence-electron chi connectivity index (χ3n) is 1.58. The fourth-order valence-electron chi connectivity index (χ4n) is 0.888. The first-order chi connectivity index (χ1) is 6.24. The lowest BCUT2D eigenvalue weighted by Gasteiger charge is -2.13. The summed E-state index contributed by atoms with van der Waals surface area (Å²) in [6.07, 6.45) is 3.16. The van der Waals surface area contributed by atoms with Crippen molar-refractivity contribution in [2.24, 2.45) is 11.6 Å². The molecule has 0 fully saturated rings. The van der Waals surface area contributed by atoms with E-state index < -0.39 is 0 Å². The van der Waals surface area contributed by atoms with Gasteiger partial charge in [-0.3, -0.25) is 5.01 Å². The quantitative estimate of drug-likeness (QED) is 0.414. The average Bonchev–Trinajstić information content (AvgIpc) is 2.19. The molecule has 0 amide bonds. The lowest BCUT2D eigenvalue weighted by molar-refractivity contribution is 1.06. The number of hydrazine groups is 1. The molecular formula is C10H13N3. The summed E-state index contributed by atoms with van der Waals surface area (Å²) in [5.74, 6) is 5.70. The molecule has 0 unspecified atom stereocenters. The highest BCUT2D eigenvalue weighted by Gasteiger charge is 1.95. The van der Waals surface area contributed by atoms with Gasteiger partial charge in [-0.25, -0.2) is 5.84 Å². The van der Waals surface area contributed by atoms with Crippen LogP contribution in [0.25, 0.3) is 0 Å². The van der Waals surface area contributed by atoms with E-state index in [0.29, 0.717) is 5.70 Å². The molecule has 0 aliphatic heterocycles. The van der Waals surface area contributed by atoms with Crippen LogP contribution in [0.15, 0.2) is 54.9 Å². The molecule has 0 saturated heterocycles. The average molecular weight is 175 g/mol. The molecule has 13 heavy (non-hydrogen) atoms. The second-order valence-corrected chi connectivity index (χ2v) is 2.58. The largest absolute Gasteiger partial charge is 0.398 e. The number of benzene rings is 1. The second-order valence-electron chi connectivity index (χ2n) is 2.58. The summed E-state index contributed by atoms with van der Waals surface area (Å²) in [5.41, 5.74) is 6.95. The summed E-state index contributed by atoms with van der Waals surface area (Å²) in [6, 6.07) is 9.54. The molecule has 0 bridgehead atoms. The maximum absolute atomic E-state index is 5.70. The van der Waals surface area contributed by atoms with Crippen LogP contribution in [0.1, 0.15) is 0 Å². The van der Waals surface area contributed by atoms with Crippen molar-refractivity contribution >= 4 is 5.69 Å². The summed E-state index contributed by atoms with van der Waals surface area (Å²) >= 11 is 0. The predicted molar refractivity (Wildman–Crippen MR) is 55.6 cm³/mol. The summed E-state index contributed by atoms with van der Waals surface area (Å²) in [6.45, 7) is 3.53. The summed E-state index contributed by atoms with van der Waals surface area (Å²) in [4.78, 5) is 0. The number of allylic oxidation sites excluding steroid dienone is 1. The van der Waals surface area contributed by atoms with Crippen molar-refractivity contribution in [3.8, 4) is 0 Å². The topological polar surface area (TPSA) is 55.3 Å². The Morgan fingerprint density at radius 3 is 2.46 bits per heavy atom. The zero-order chi connectivity index (χ0) is 9.68. The third kappa shape index (κ3) is 2.65. The fourth-order valence-corrected chi connectivity index (χ4v) is 0.888. The van der Waals surface area contributed by atoms with Gasteiger partial charge in [0.2, 0.25) is 0 Å². The second kappa shape index (κ2) is 4.33. The van der Waals surface area contributed by atoms with E-state index in [0.717, 1.165) is 5.69 Å². The Kier molecular flexibility index (Phi) is 3.11. The molecule has 1 rings (SSSR count). The molecule has 3 nitrogen and oxygen atoms in total. The minimum Gasteiger partial charge on any atom is -0.398 e. The standard InChI is InChI=1S/C10H13N3/c1-2-9(11)8-13(12)10-6-4-3-5-7-10/h2-8H,1,11-12H2/b9-8-. The van der Waals surface area contributed by atoms with Crippen LogP contribution in [0.5, 0.6) is 0 Å². The van der Waals surface area contributed by atoms with Crippen molar-refractivity contribution in [2.45, 2.75) is 0 Å². The van der Waals surface area contributed by atoms with Crippen LogP contribution < -0.4 is 16.6 Å². The van der Waals surface area contributed by atoms with Gasteiger partial charge in [0, 0.05) is 11.9 Å². The van der Waals surface area contributed by atoms with E-state index in [1.807, 2.05) is 30.3 Å². The molecule has 0 aromatic heterocycles. The Morgan fingerprint density at radius 2 is 1.92 bits per heavy atom. The van der Waals surface area contributed by atoms with E-state index in [-0.39, 0.29) is 0 Å². The molecule has 0 atom stereocenters. The molecule has 0 radical (unpaired) electrons. The molecule has 0 aliphatic rings. The molecule has 68 valence electrons. The molecular weight excluding hydrogens is 162 g/mol. The SMILES string of the molecule is C=C/C(N)=C/N(N)c1ccccc1. The number of anilines is 1. The van der Waals surface area contributed by atoms with Crippen molar-refractivity contribution in [2.75, 3.05) is 5.01 Å². The maximum atomic E-state index is 5.70. The third-order valence-corrected chi connectivity index (χ3v) is 1.58. The van der Waals surface area contributed by atoms with Gasteiger partial charge < -0.3 is 5.73 Å². The van der Waals surface area contributed by atoms with Crippen LogP contribution in [-0.2, 0) is 0 Å². The number of rotatable bonds is 3. The van der Waals surface area contributed by atoms with Gasteiger partial charge in [0.25, 0.3) is 0 Å². The Labute approximate surface area is 77.9 Å². The van der Waals surface area contributed by atoms with Gasteiger partial charge in [-0.2, -0.15) is 0 Å². The van der Waals surface area contributed by atoms with E-state index in [1.54, 1.807) is 12.3 Å². The first-order valence-corrected chi connectivity index (χ1v) is 3.92. The van der Waals surface area contributed by atoms with Crippen molar-refractivity contribution in [3.63, 3.8) is 0 Å². The van der Waals surface area contributed by atoms with Gasteiger partial charge in [-0.15, -0.1) is 0 Å². The minimum atomic E-state index is 0.534. The Balaban J connectivity index is 2.80. The van der Waals surface area contributed by atoms with E-state index in [4.69, 9.17) is 11.6 Å². The van der Waals surface area contributed by atoms with Crippen molar-refractivity contribution in [1.29, 1.82) is 0 Å². The smallest absolute Gasteiger partial charge is 0.0569 e. The van der Waals surface area contributed by atoms with E-state index in [9.17, 15) is 0 Å². The number of para-hydroxylation sites is 1. The maximum Gasteiger partial charge on any atom is 0.0569 e. The highest BCUT2D eigenvalue weighted by atomic mass is 15.4. The molecule has 0 spiro atoms. The first-order valence-electron chi connectivity index (χ1n) is 3.92. The van der Waals surface area contributed by atoms with Gasteiger partial charge in [-0.1, -0.05) is 24.8 Å². The number of hydrogen-bond acceptors (Lipinski definition) is 3. The lowest BCUT2D eigenvalue weighted by atomic mass is 10.3. The Hall–Kier alpha value is -1.74. The van der Waals surface area contributed by atoms with Gasteiger partial charge in [0.05, 0.1) is 5.69 Å². The molecule has 1 aromatic rings. The molecule has 1 aromatic carbocycles. The Bertz CT molecular complexity index is 303. The highest BCUT2D eigenvalue weighted by Crippen LogP contribution is 2.09. The van der Waals surface area contributed by atoms with Crippen LogP contribution in [0.3, 0.4) is 0 Å². The van der Waals surface area contributed by atoms with Crippen LogP contribution in [0, 0.1) is 0 Å². The van der Waals surface area contributed by atoms with Gasteiger partial charge >= 0.3 is 0 Å². The zero-order valence-electron chi connectivity index (χ0n) is 7.35. The number of nitrogens with zero attached hydrogens (tertiary/aromatic N) is 1. The molecule has 4 N–H and O–H groups in total. The van der Waals surface area contributed by atoms with E-state index in [2.05, 4.69) is 6.58 Å².